The first-order valence-electron chi connectivity index (χ1n) is 7.43. The van der Waals surface area contributed by atoms with Crippen molar-refractivity contribution in [1.29, 1.82) is 0 Å². The number of ketones is 1. The summed E-state index contributed by atoms with van der Waals surface area (Å²) in [6.45, 7) is 1.94. The molecular weight excluding hydrogens is 346 g/mol. The Bertz CT molecular complexity index is 721. The average Bonchev–Trinajstić information content (AvgIpc) is 2.56. The highest BCUT2D eigenvalue weighted by Gasteiger charge is 2.09. The number of Topliss-reactive ketones (excluding diaryl/α,β-unsaturated/α-hetero) is 1. The maximum Gasteiger partial charge on any atom is 0.234 e. The second-order valence-electron chi connectivity index (χ2n) is 4.98. The lowest BCUT2D eigenvalue weighted by molar-refractivity contribution is -0.113. The number of ether oxygens (including phenoxy) is 1. The highest BCUT2D eigenvalue weighted by Crippen LogP contribution is 2.23. The fraction of sp³-hybridized carbons (Fsp3) is 0.222. The highest BCUT2D eigenvalue weighted by atomic mass is 35.5. The summed E-state index contributed by atoms with van der Waals surface area (Å²) in [5.74, 6) is 1.36. The van der Waals surface area contributed by atoms with Gasteiger partial charge in [-0.3, -0.25) is 9.59 Å². The molecule has 4 nitrogen and oxygen atoms in total. The molecule has 0 saturated heterocycles. The molecule has 1 N–H and O–H groups in total. The number of rotatable bonds is 8. The zero-order valence-electron chi connectivity index (χ0n) is 13.3. The van der Waals surface area contributed by atoms with Crippen molar-refractivity contribution in [3.8, 4) is 5.75 Å². The first kappa shape index (κ1) is 18.4. The number of hydrogen-bond donors (Lipinski definition) is 1. The van der Waals surface area contributed by atoms with Gasteiger partial charge in [-0.25, -0.2) is 0 Å². The molecule has 0 atom stereocenters. The molecule has 0 saturated carbocycles. The lowest BCUT2D eigenvalue weighted by Gasteiger charge is -2.09. The summed E-state index contributed by atoms with van der Waals surface area (Å²) >= 11 is 7.45. The molecule has 2 aromatic rings. The van der Waals surface area contributed by atoms with Crippen LogP contribution in [0.15, 0.2) is 48.5 Å². The summed E-state index contributed by atoms with van der Waals surface area (Å²) in [5, 5.41) is 3.34. The zero-order valence-corrected chi connectivity index (χ0v) is 14.8. The molecular formula is C18H18ClNO3S. The normalized spacial score (nSPS) is 10.2. The maximum atomic E-state index is 12.0. The molecule has 126 valence electrons. The van der Waals surface area contributed by atoms with Crippen LogP contribution in [-0.4, -0.2) is 29.8 Å². The lowest BCUT2D eigenvalue weighted by atomic mass is 10.1. The summed E-state index contributed by atoms with van der Waals surface area (Å²) < 4.78 is 5.56. The maximum absolute atomic E-state index is 12.0. The SMILES string of the molecule is CC(=O)c1ccccc1NC(=O)CSCCOc1ccccc1Cl. The molecule has 0 aliphatic heterocycles. The predicted molar refractivity (Wildman–Crippen MR) is 99.3 cm³/mol. The van der Waals surface area contributed by atoms with E-state index in [0.717, 1.165) is 0 Å². The Hall–Kier alpha value is -1.98. The Balaban J connectivity index is 1.72. The van der Waals surface area contributed by atoms with E-state index in [1.54, 1.807) is 36.4 Å². The molecule has 6 heteroatoms. The van der Waals surface area contributed by atoms with E-state index < -0.39 is 0 Å². The molecule has 0 fully saturated rings. The molecule has 0 aliphatic carbocycles. The van der Waals surface area contributed by atoms with E-state index in [4.69, 9.17) is 16.3 Å². The summed E-state index contributed by atoms with van der Waals surface area (Å²) in [7, 11) is 0. The van der Waals surface area contributed by atoms with Crippen LogP contribution in [0.3, 0.4) is 0 Å². The first-order valence-corrected chi connectivity index (χ1v) is 8.96. The third kappa shape index (κ3) is 5.58. The van der Waals surface area contributed by atoms with Crippen molar-refractivity contribution in [3.63, 3.8) is 0 Å². The van der Waals surface area contributed by atoms with Gasteiger partial charge in [0, 0.05) is 11.3 Å². The van der Waals surface area contributed by atoms with Gasteiger partial charge in [-0.2, -0.15) is 0 Å². The van der Waals surface area contributed by atoms with Crippen LogP contribution in [-0.2, 0) is 4.79 Å². The van der Waals surface area contributed by atoms with E-state index in [1.807, 2.05) is 12.1 Å². The molecule has 0 bridgehead atoms. The Morgan fingerprint density at radius 1 is 1.12 bits per heavy atom. The van der Waals surface area contributed by atoms with Crippen molar-refractivity contribution in [2.45, 2.75) is 6.92 Å². The standard InChI is InChI=1S/C18H18ClNO3S/c1-13(21)14-6-2-4-8-16(14)20-18(22)12-24-11-10-23-17-9-5-3-7-15(17)19/h2-9H,10-12H2,1H3,(H,20,22). The second-order valence-corrected chi connectivity index (χ2v) is 6.49. The smallest absolute Gasteiger partial charge is 0.234 e. The molecule has 24 heavy (non-hydrogen) atoms. The van der Waals surface area contributed by atoms with Gasteiger partial charge in [0.2, 0.25) is 5.91 Å². The van der Waals surface area contributed by atoms with E-state index >= 15 is 0 Å². The quantitative estimate of drug-likeness (QED) is 0.561. The van der Waals surface area contributed by atoms with Crippen molar-refractivity contribution in [2.75, 3.05) is 23.4 Å². The third-order valence-corrected chi connectivity index (χ3v) is 4.37. The molecule has 0 radical (unpaired) electrons. The lowest BCUT2D eigenvalue weighted by Crippen LogP contribution is -2.17. The molecule has 2 rings (SSSR count). The molecule has 0 aliphatic rings. The van der Waals surface area contributed by atoms with Crippen LogP contribution in [0, 0.1) is 0 Å². The number of hydrogen-bond acceptors (Lipinski definition) is 4. The fourth-order valence-corrected chi connectivity index (χ4v) is 2.82. The largest absolute Gasteiger partial charge is 0.491 e. The van der Waals surface area contributed by atoms with Gasteiger partial charge in [-0.1, -0.05) is 35.9 Å². The minimum absolute atomic E-state index is 0.0771. The Labute approximate surface area is 150 Å². The number of para-hydroxylation sites is 2. The second kappa shape index (κ2) is 9.35. The topological polar surface area (TPSA) is 55.4 Å². The predicted octanol–water partition coefficient (Wildman–Crippen LogP) is 4.29. The number of halogens is 1. The van der Waals surface area contributed by atoms with Crippen molar-refractivity contribution in [3.05, 3.63) is 59.1 Å². The van der Waals surface area contributed by atoms with E-state index in [0.29, 0.717) is 34.4 Å². The third-order valence-electron chi connectivity index (χ3n) is 3.14. The minimum Gasteiger partial charge on any atom is -0.491 e. The molecule has 0 heterocycles. The molecule has 0 unspecified atom stereocenters. The summed E-state index contributed by atoms with van der Waals surface area (Å²) in [6.07, 6.45) is 0. The van der Waals surface area contributed by atoms with Gasteiger partial charge >= 0.3 is 0 Å². The van der Waals surface area contributed by atoms with E-state index in [9.17, 15) is 9.59 Å². The van der Waals surface area contributed by atoms with Crippen LogP contribution in [0.1, 0.15) is 17.3 Å². The number of carbonyl (C=O) groups is 2. The number of thioether (sulfide) groups is 1. The van der Waals surface area contributed by atoms with Crippen molar-refractivity contribution >= 4 is 40.7 Å². The molecule has 1 amide bonds. The van der Waals surface area contributed by atoms with Gasteiger partial charge in [0.15, 0.2) is 5.78 Å². The number of carbonyl (C=O) groups excluding carboxylic acids is 2. The van der Waals surface area contributed by atoms with Crippen LogP contribution in [0.4, 0.5) is 5.69 Å². The van der Waals surface area contributed by atoms with Gasteiger partial charge in [-0.05, 0) is 31.2 Å². The first-order chi connectivity index (χ1) is 11.6. The number of benzene rings is 2. The van der Waals surface area contributed by atoms with Crippen LogP contribution < -0.4 is 10.1 Å². The summed E-state index contributed by atoms with van der Waals surface area (Å²) in [4.78, 5) is 23.5. The van der Waals surface area contributed by atoms with Crippen LogP contribution in [0.2, 0.25) is 5.02 Å². The van der Waals surface area contributed by atoms with Crippen LogP contribution >= 0.6 is 23.4 Å². The van der Waals surface area contributed by atoms with Gasteiger partial charge in [0.1, 0.15) is 5.75 Å². The van der Waals surface area contributed by atoms with Gasteiger partial charge in [0.25, 0.3) is 0 Å². The summed E-state index contributed by atoms with van der Waals surface area (Å²) in [5.41, 5.74) is 1.06. The van der Waals surface area contributed by atoms with E-state index in [-0.39, 0.29) is 17.4 Å². The Morgan fingerprint density at radius 3 is 2.58 bits per heavy atom. The number of amides is 1. The number of anilines is 1. The zero-order chi connectivity index (χ0) is 17.4. The van der Waals surface area contributed by atoms with E-state index in [2.05, 4.69) is 5.32 Å². The van der Waals surface area contributed by atoms with Gasteiger partial charge < -0.3 is 10.1 Å². The van der Waals surface area contributed by atoms with E-state index in [1.165, 1.54) is 18.7 Å². The fourth-order valence-electron chi connectivity index (χ4n) is 2.02. The van der Waals surface area contributed by atoms with Gasteiger partial charge in [0.05, 0.1) is 23.1 Å². The Kier molecular flexibility index (Phi) is 7.15. The molecule has 2 aromatic carbocycles. The monoisotopic (exact) mass is 363 g/mol. The number of nitrogens with one attached hydrogen (secondary N) is 1. The molecule has 0 aromatic heterocycles. The average molecular weight is 364 g/mol. The molecule has 0 spiro atoms. The minimum atomic E-state index is -0.147. The summed E-state index contributed by atoms with van der Waals surface area (Å²) in [6, 6.07) is 14.2. The van der Waals surface area contributed by atoms with Crippen molar-refractivity contribution in [2.24, 2.45) is 0 Å². The highest BCUT2D eigenvalue weighted by molar-refractivity contribution is 7.99. The van der Waals surface area contributed by atoms with Crippen molar-refractivity contribution < 1.29 is 14.3 Å². The van der Waals surface area contributed by atoms with Crippen molar-refractivity contribution in [1.82, 2.24) is 0 Å². The van der Waals surface area contributed by atoms with Crippen LogP contribution in [0.5, 0.6) is 5.75 Å². The van der Waals surface area contributed by atoms with Crippen LogP contribution in [0.25, 0.3) is 0 Å². The van der Waals surface area contributed by atoms with Gasteiger partial charge in [-0.15, -0.1) is 11.8 Å². The Morgan fingerprint density at radius 2 is 1.83 bits per heavy atom.